The molecule has 1 atom stereocenters. The summed E-state index contributed by atoms with van der Waals surface area (Å²) in [5.74, 6) is 0.373. The lowest BCUT2D eigenvalue weighted by atomic mass is 9.96. The van der Waals surface area contributed by atoms with Crippen molar-refractivity contribution in [3.63, 3.8) is 0 Å². The summed E-state index contributed by atoms with van der Waals surface area (Å²) in [5, 5.41) is 0. The summed E-state index contributed by atoms with van der Waals surface area (Å²) < 4.78 is 5.48. The minimum absolute atomic E-state index is 0.233. The third-order valence-electron chi connectivity index (χ3n) is 1.99. The summed E-state index contributed by atoms with van der Waals surface area (Å²) in [7, 11) is 0. The van der Waals surface area contributed by atoms with Crippen LogP contribution in [0.4, 0.5) is 0 Å². The summed E-state index contributed by atoms with van der Waals surface area (Å²) in [5.41, 5.74) is 0. The third kappa shape index (κ3) is 3.02. The standard InChI is InChI=1S/C9H16O2/c1-2-6-11-9-5-3-4-8(10)7-9/h9H,2-7H2,1H3. The van der Waals surface area contributed by atoms with Crippen molar-refractivity contribution in [3.8, 4) is 0 Å². The first-order chi connectivity index (χ1) is 5.33. The van der Waals surface area contributed by atoms with Crippen LogP contribution >= 0.6 is 0 Å². The summed E-state index contributed by atoms with van der Waals surface area (Å²) in [4.78, 5) is 11.0. The monoisotopic (exact) mass is 156 g/mol. The van der Waals surface area contributed by atoms with Crippen LogP contribution in [-0.4, -0.2) is 18.5 Å². The molecule has 2 nitrogen and oxygen atoms in total. The van der Waals surface area contributed by atoms with Gasteiger partial charge >= 0.3 is 0 Å². The van der Waals surface area contributed by atoms with Crippen molar-refractivity contribution in [2.45, 2.75) is 45.1 Å². The van der Waals surface area contributed by atoms with E-state index in [-0.39, 0.29) is 6.10 Å². The molecule has 0 spiro atoms. The highest BCUT2D eigenvalue weighted by atomic mass is 16.5. The molecule has 1 aliphatic carbocycles. The highest BCUT2D eigenvalue weighted by Crippen LogP contribution is 2.17. The molecule has 0 aromatic rings. The van der Waals surface area contributed by atoms with E-state index in [2.05, 4.69) is 6.92 Å². The molecule has 0 radical (unpaired) electrons. The maximum Gasteiger partial charge on any atom is 0.135 e. The van der Waals surface area contributed by atoms with Gasteiger partial charge in [-0.2, -0.15) is 0 Å². The molecule has 0 aromatic carbocycles. The molecule has 0 heterocycles. The fourth-order valence-corrected chi connectivity index (χ4v) is 1.41. The van der Waals surface area contributed by atoms with E-state index in [1.54, 1.807) is 0 Å². The van der Waals surface area contributed by atoms with Gasteiger partial charge in [0, 0.05) is 19.4 Å². The zero-order valence-electron chi connectivity index (χ0n) is 7.14. The molecule has 0 amide bonds. The number of ketones is 1. The highest BCUT2D eigenvalue weighted by molar-refractivity contribution is 5.79. The Morgan fingerprint density at radius 1 is 1.64 bits per heavy atom. The van der Waals surface area contributed by atoms with E-state index >= 15 is 0 Å². The Labute approximate surface area is 67.9 Å². The van der Waals surface area contributed by atoms with Crippen LogP contribution in [0.1, 0.15) is 39.0 Å². The lowest BCUT2D eigenvalue weighted by molar-refractivity contribution is -0.124. The molecular formula is C9H16O2. The Morgan fingerprint density at radius 3 is 3.09 bits per heavy atom. The van der Waals surface area contributed by atoms with E-state index in [0.717, 1.165) is 32.3 Å². The second kappa shape index (κ2) is 4.50. The second-order valence-electron chi connectivity index (χ2n) is 3.13. The molecule has 0 bridgehead atoms. The van der Waals surface area contributed by atoms with Crippen molar-refractivity contribution in [1.82, 2.24) is 0 Å². The molecule has 0 saturated heterocycles. The molecule has 1 aliphatic rings. The van der Waals surface area contributed by atoms with Crippen LogP contribution in [0.25, 0.3) is 0 Å². The van der Waals surface area contributed by atoms with Gasteiger partial charge in [0.15, 0.2) is 0 Å². The van der Waals surface area contributed by atoms with Crippen molar-refractivity contribution in [2.24, 2.45) is 0 Å². The molecule has 0 aromatic heterocycles. The fraction of sp³-hybridized carbons (Fsp3) is 0.889. The second-order valence-corrected chi connectivity index (χ2v) is 3.13. The number of carbonyl (C=O) groups excluding carboxylic acids is 1. The van der Waals surface area contributed by atoms with E-state index in [9.17, 15) is 4.79 Å². The van der Waals surface area contributed by atoms with Crippen molar-refractivity contribution in [2.75, 3.05) is 6.61 Å². The number of hydrogen-bond acceptors (Lipinski definition) is 2. The maximum absolute atomic E-state index is 11.0. The number of hydrogen-bond donors (Lipinski definition) is 0. The topological polar surface area (TPSA) is 26.3 Å². The first-order valence-corrected chi connectivity index (χ1v) is 4.46. The van der Waals surface area contributed by atoms with Crippen LogP contribution in [-0.2, 0) is 9.53 Å². The first kappa shape index (κ1) is 8.72. The average Bonchev–Trinajstić information content (AvgIpc) is 2.01. The predicted octanol–water partition coefficient (Wildman–Crippen LogP) is 1.92. The van der Waals surface area contributed by atoms with Gasteiger partial charge in [0.2, 0.25) is 0 Å². The average molecular weight is 156 g/mol. The summed E-state index contributed by atoms with van der Waals surface area (Å²) >= 11 is 0. The van der Waals surface area contributed by atoms with Crippen LogP contribution in [0.2, 0.25) is 0 Å². The van der Waals surface area contributed by atoms with E-state index in [0.29, 0.717) is 12.2 Å². The molecule has 1 fully saturated rings. The van der Waals surface area contributed by atoms with Crippen molar-refractivity contribution < 1.29 is 9.53 Å². The minimum Gasteiger partial charge on any atom is -0.378 e. The first-order valence-electron chi connectivity index (χ1n) is 4.46. The zero-order valence-corrected chi connectivity index (χ0v) is 7.14. The molecule has 0 N–H and O–H groups in total. The number of ether oxygens (including phenoxy) is 1. The van der Waals surface area contributed by atoms with Gasteiger partial charge in [0.25, 0.3) is 0 Å². The Bertz CT molecular complexity index is 132. The van der Waals surface area contributed by atoms with E-state index < -0.39 is 0 Å². The zero-order chi connectivity index (χ0) is 8.10. The molecule has 1 unspecified atom stereocenters. The molecule has 1 rings (SSSR count). The van der Waals surface area contributed by atoms with Gasteiger partial charge in [-0.15, -0.1) is 0 Å². The van der Waals surface area contributed by atoms with Gasteiger partial charge in [0.1, 0.15) is 5.78 Å². The maximum atomic E-state index is 11.0. The molecule has 1 saturated carbocycles. The van der Waals surface area contributed by atoms with Crippen LogP contribution in [0.5, 0.6) is 0 Å². The number of carbonyl (C=O) groups is 1. The van der Waals surface area contributed by atoms with Crippen molar-refractivity contribution in [3.05, 3.63) is 0 Å². The van der Waals surface area contributed by atoms with E-state index in [4.69, 9.17) is 4.74 Å². The van der Waals surface area contributed by atoms with Crippen molar-refractivity contribution in [1.29, 1.82) is 0 Å². The predicted molar refractivity (Wildman–Crippen MR) is 43.5 cm³/mol. The van der Waals surface area contributed by atoms with Gasteiger partial charge in [0.05, 0.1) is 6.10 Å². The molecule has 0 aliphatic heterocycles. The number of Topliss-reactive ketones (excluding diaryl/α,β-unsaturated/α-hetero) is 1. The largest absolute Gasteiger partial charge is 0.378 e. The Kier molecular flexibility index (Phi) is 3.57. The Morgan fingerprint density at radius 2 is 2.45 bits per heavy atom. The van der Waals surface area contributed by atoms with Crippen LogP contribution in [0.15, 0.2) is 0 Å². The molecule has 11 heavy (non-hydrogen) atoms. The summed E-state index contributed by atoms with van der Waals surface area (Å²) in [6.45, 7) is 2.89. The molecule has 2 heteroatoms. The molecule has 64 valence electrons. The van der Waals surface area contributed by atoms with E-state index in [1.807, 2.05) is 0 Å². The van der Waals surface area contributed by atoms with Crippen LogP contribution in [0, 0.1) is 0 Å². The van der Waals surface area contributed by atoms with Crippen LogP contribution in [0.3, 0.4) is 0 Å². The highest BCUT2D eigenvalue weighted by Gasteiger charge is 2.18. The minimum atomic E-state index is 0.233. The van der Waals surface area contributed by atoms with Gasteiger partial charge in [-0.3, -0.25) is 4.79 Å². The van der Waals surface area contributed by atoms with Gasteiger partial charge < -0.3 is 4.74 Å². The normalized spacial score (nSPS) is 25.5. The quantitative estimate of drug-likeness (QED) is 0.624. The third-order valence-corrected chi connectivity index (χ3v) is 1.99. The van der Waals surface area contributed by atoms with Crippen molar-refractivity contribution >= 4 is 5.78 Å². The lowest BCUT2D eigenvalue weighted by Gasteiger charge is -2.20. The Balaban J connectivity index is 2.17. The fourth-order valence-electron chi connectivity index (χ4n) is 1.41. The van der Waals surface area contributed by atoms with Gasteiger partial charge in [-0.05, 0) is 19.3 Å². The smallest absolute Gasteiger partial charge is 0.135 e. The molecular weight excluding hydrogens is 140 g/mol. The lowest BCUT2D eigenvalue weighted by Crippen LogP contribution is -2.22. The Hall–Kier alpha value is -0.370. The van der Waals surface area contributed by atoms with Gasteiger partial charge in [-0.25, -0.2) is 0 Å². The van der Waals surface area contributed by atoms with E-state index in [1.165, 1.54) is 0 Å². The van der Waals surface area contributed by atoms with Gasteiger partial charge in [-0.1, -0.05) is 6.92 Å². The summed E-state index contributed by atoms with van der Waals surface area (Å²) in [6, 6.07) is 0. The van der Waals surface area contributed by atoms with Crippen LogP contribution < -0.4 is 0 Å². The number of rotatable bonds is 3. The SMILES string of the molecule is CCCOC1CCCC(=O)C1. The summed E-state index contributed by atoms with van der Waals surface area (Å²) in [6.07, 6.45) is 4.80.